The lowest BCUT2D eigenvalue weighted by molar-refractivity contribution is -0.264. The summed E-state index contributed by atoms with van der Waals surface area (Å²) < 4.78 is 80.4. The van der Waals surface area contributed by atoms with Gasteiger partial charge in [0.2, 0.25) is 5.92 Å². The van der Waals surface area contributed by atoms with Crippen LogP contribution in [0.1, 0.15) is 23.7 Å². The fourth-order valence-corrected chi connectivity index (χ4v) is 1.65. The highest BCUT2D eigenvalue weighted by Crippen LogP contribution is 2.42. The molecule has 0 aromatic heterocycles. The van der Waals surface area contributed by atoms with E-state index < -0.39 is 29.6 Å². The molecule has 1 rings (SSSR count). The third-order valence-corrected chi connectivity index (χ3v) is 2.53. The first-order valence-electron chi connectivity index (χ1n) is 5.98. The van der Waals surface area contributed by atoms with Crippen LogP contribution in [0.2, 0.25) is 0 Å². The summed E-state index contributed by atoms with van der Waals surface area (Å²) in [7, 11) is 0. The Balaban J connectivity index is 3.22. The Kier molecular flexibility index (Phi) is 5.25. The lowest BCUT2D eigenvalue weighted by Gasteiger charge is -2.22. The summed E-state index contributed by atoms with van der Waals surface area (Å²) in [5.41, 5.74) is -0.731. The molecule has 0 bridgehead atoms. The van der Waals surface area contributed by atoms with Crippen LogP contribution >= 0.6 is 0 Å². The maximum Gasteiger partial charge on any atom is 0.407 e. The molecule has 0 N–H and O–H groups in total. The largest absolute Gasteiger partial charge is 0.493 e. The average Bonchev–Trinajstić information content (AvgIpc) is 2.33. The molecule has 0 spiro atoms. The van der Waals surface area contributed by atoms with Gasteiger partial charge in [-0.25, -0.2) is 0 Å². The zero-order valence-electron chi connectivity index (χ0n) is 10.9. The average molecular weight is 314 g/mol. The van der Waals surface area contributed by atoms with Crippen LogP contribution in [0.25, 0.3) is 0 Å². The zero-order chi connectivity index (χ0) is 16.3. The Hall–Kier alpha value is -1.73. The number of carbonyl (C=O) groups is 1. The normalized spacial score (nSPS) is 12.6. The maximum absolute atomic E-state index is 12.6. The standard InChI is InChI=1S/C13H12F6O2/c1-2-7-21-9-6-4-3-5-8(9)10(20)11(12(14,15)16)13(17,18)19/h3-6,11H,2,7H2,1H3. The Morgan fingerprint density at radius 2 is 1.62 bits per heavy atom. The molecule has 0 saturated heterocycles. The van der Waals surface area contributed by atoms with Crippen LogP contribution in [0.3, 0.4) is 0 Å². The van der Waals surface area contributed by atoms with Gasteiger partial charge in [-0.1, -0.05) is 19.1 Å². The number of ketones is 1. The summed E-state index contributed by atoms with van der Waals surface area (Å²) in [6.07, 6.45) is -10.9. The van der Waals surface area contributed by atoms with Crippen molar-refractivity contribution in [1.29, 1.82) is 0 Å². The Morgan fingerprint density at radius 1 is 1.10 bits per heavy atom. The minimum Gasteiger partial charge on any atom is -0.493 e. The quantitative estimate of drug-likeness (QED) is 0.595. The van der Waals surface area contributed by atoms with Crippen molar-refractivity contribution >= 4 is 5.78 Å². The van der Waals surface area contributed by atoms with Crippen molar-refractivity contribution in [3.8, 4) is 5.75 Å². The van der Waals surface area contributed by atoms with Crippen molar-refractivity contribution in [3.63, 3.8) is 0 Å². The minimum atomic E-state index is -5.72. The molecule has 8 heteroatoms. The van der Waals surface area contributed by atoms with Crippen LogP contribution < -0.4 is 4.74 Å². The molecule has 0 atom stereocenters. The number of halogens is 6. The number of ether oxygens (including phenoxy) is 1. The van der Waals surface area contributed by atoms with Crippen LogP contribution in [-0.4, -0.2) is 24.7 Å². The van der Waals surface area contributed by atoms with Gasteiger partial charge in [0, 0.05) is 0 Å². The van der Waals surface area contributed by atoms with Gasteiger partial charge >= 0.3 is 12.4 Å². The number of carbonyl (C=O) groups excluding carboxylic acids is 1. The van der Waals surface area contributed by atoms with Crippen molar-refractivity contribution in [1.82, 2.24) is 0 Å². The van der Waals surface area contributed by atoms with Gasteiger partial charge in [-0.05, 0) is 18.6 Å². The number of para-hydroxylation sites is 1. The SMILES string of the molecule is CCCOc1ccccc1C(=O)C(C(F)(F)F)C(F)(F)F. The first-order chi connectivity index (χ1) is 9.59. The number of alkyl halides is 6. The summed E-state index contributed by atoms with van der Waals surface area (Å²) in [6.45, 7) is 1.78. The van der Waals surface area contributed by atoms with Gasteiger partial charge in [0.25, 0.3) is 0 Å². The van der Waals surface area contributed by atoms with Gasteiger partial charge in [-0.2, -0.15) is 26.3 Å². The Labute approximate surface area is 116 Å². The molecule has 0 aliphatic rings. The second kappa shape index (κ2) is 6.36. The van der Waals surface area contributed by atoms with Gasteiger partial charge in [0.05, 0.1) is 12.2 Å². The highest BCUT2D eigenvalue weighted by molar-refractivity contribution is 6.01. The molecule has 0 amide bonds. The highest BCUT2D eigenvalue weighted by Gasteiger charge is 2.61. The first-order valence-corrected chi connectivity index (χ1v) is 5.98. The number of rotatable bonds is 5. The smallest absolute Gasteiger partial charge is 0.407 e. The van der Waals surface area contributed by atoms with E-state index in [1.165, 1.54) is 12.1 Å². The highest BCUT2D eigenvalue weighted by atomic mass is 19.4. The summed E-state index contributed by atoms with van der Waals surface area (Å²) in [5.74, 6) is -6.42. The lowest BCUT2D eigenvalue weighted by Crippen LogP contribution is -2.42. The van der Waals surface area contributed by atoms with E-state index in [1.54, 1.807) is 6.92 Å². The van der Waals surface area contributed by atoms with Crippen molar-refractivity contribution < 1.29 is 35.9 Å². The molecule has 0 heterocycles. The van der Waals surface area contributed by atoms with E-state index in [2.05, 4.69) is 0 Å². The van der Waals surface area contributed by atoms with E-state index in [1.807, 2.05) is 0 Å². The Morgan fingerprint density at radius 3 is 2.10 bits per heavy atom. The van der Waals surface area contributed by atoms with Crippen LogP contribution in [0, 0.1) is 5.92 Å². The van der Waals surface area contributed by atoms with E-state index in [9.17, 15) is 31.1 Å². The summed E-state index contributed by atoms with van der Waals surface area (Å²) in [6, 6.07) is 4.58. The molecule has 1 aromatic carbocycles. The van der Waals surface area contributed by atoms with E-state index in [4.69, 9.17) is 4.74 Å². The summed E-state index contributed by atoms with van der Waals surface area (Å²) in [5, 5.41) is 0. The van der Waals surface area contributed by atoms with Gasteiger partial charge < -0.3 is 4.74 Å². The second-order valence-electron chi connectivity index (χ2n) is 4.23. The number of hydrogen-bond acceptors (Lipinski definition) is 2. The lowest BCUT2D eigenvalue weighted by atomic mass is 9.95. The molecule has 0 radical (unpaired) electrons. The fourth-order valence-electron chi connectivity index (χ4n) is 1.65. The molecule has 0 aliphatic heterocycles. The predicted molar refractivity (Wildman–Crippen MR) is 62.2 cm³/mol. The van der Waals surface area contributed by atoms with E-state index in [0.29, 0.717) is 6.42 Å². The van der Waals surface area contributed by atoms with E-state index in [-0.39, 0.29) is 12.4 Å². The van der Waals surface area contributed by atoms with Gasteiger partial charge in [0.1, 0.15) is 5.75 Å². The summed E-state index contributed by atoms with van der Waals surface area (Å²) in [4.78, 5) is 11.7. The molecule has 0 unspecified atom stereocenters. The van der Waals surface area contributed by atoms with Crippen LogP contribution in [0.4, 0.5) is 26.3 Å². The van der Waals surface area contributed by atoms with Gasteiger partial charge in [0.15, 0.2) is 5.78 Å². The van der Waals surface area contributed by atoms with Crippen LogP contribution in [0.15, 0.2) is 24.3 Å². The molecule has 0 aliphatic carbocycles. The van der Waals surface area contributed by atoms with Gasteiger partial charge in [-0.15, -0.1) is 0 Å². The van der Waals surface area contributed by atoms with E-state index >= 15 is 0 Å². The number of benzene rings is 1. The van der Waals surface area contributed by atoms with Crippen molar-refractivity contribution in [3.05, 3.63) is 29.8 Å². The zero-order valence-corrected chi connectivity index (χ0v) is 10.9. The Bertz CT molecular complexity index is 478. The van der Waals surface area contributed by atoms with Crippen LogP contribution in [0.5, 0.6) is 5.75 Å². The third-order valence-electron chi connectivity index (χ3n) is 2.53. The third kappa shape index (κ3) is 4.37. The maximum atomic E-state index is 12.6. The topological polar surface area (TPSA) is 26.3 Å². The molecule has 21 heavy (non-hydrogen) atoms. The monoisotopic (exact) mass is 314 g/mol. The van der Waals surface area contributed by atoms with Crippen molar-refractivity contribution in [2.24, 2.45) is 5.92 Å². The molecule has 0 saturated carbocycles. The molecule has 118 valence electrons. The van der Waals surface area contributed by atoms with Gasteiger partial charge in [-0.3, -0.25) is 4.79 Å². The molecular formula is C13H12F6O2. The molecule has 2 nitrogen and oxygen atoms in total. The molecule has 0 fully saturated rings. The van der Waals surface area contributed by atoms with Crippen LogP contribution in [-0.2, 0) is 0 Å². The second-order valence-corrected chi connectivity index (χ2v) is 4.23. The van der Waals surface area contributed by atoms with Crippen molar-refractivity contribution in [2.75, 3.05) is 6.61 Å². The number of hydrogen-bond donors (Lipinski definition) is 0. The summed E-state index contributed by atoms with van der Waals surface area (Å²) >= 11 is 0. The number of Topliss-reactive ketones (excluding diaryl/α,β-unsaturated/α-hetero) is 1. The predicted octanol–water partition coefficient (Wildman–Crippen LogP) is 4.40. The first kappa shape index (κ1) is 17.3. The van der Waals surface area contributed by atoms with Crippen molar-refractivity contribution in [2.45, 2.75) is 25.7 Å². The van der Waals surface area contributed by atoms with E-state index in [0.717, 1.165) is 12.1 Å². The fraction of sp³-hybridized carbons (Fsp3) is 0.462. The molecule has 1 aromatic rings. The molecular weight excluding hydrogens is 302 g/mol. The minimum absolute atomic E-state index is 0.0764.